The van der Waals surface area contributed by atoms with Gasteiger partial charge in [-0.1, -0.05) is 19.1 Å². The van der Waals surface area contributed by atoms with Crippen LogP contribution in [0.4, 0.5) is 5.69 Å². The highest BCUT2D eigenvalue weighted by molar-refractivity contribution is 5.75. The molecule has 3 nitrogen and oxygen atoms in total. The number of hydrogen-bond donors (Lipinski definition) is 1. The molecule has 82 valence electrons. The van der Waals surface area contributed by atoms with E-state index < -0.39 is 0 Å². The minimum absolute atomic E-state index is 0.180. The average molecular weight is 206 g/mol. The smallest absolute Gasteiger partial charge is 0.222 e. The molecule has 3 heteroatoms. The zero-order valence-corrected chi connectivity index (χ0v) is 9.36. The molecule has 0 heterocycles. The van der Waals surface area contributed by atoms with Gasteiger partial charge in [-0.3, -0.25) is 4.79 Å². The number of nitrogens with two attached hydrogens (primary N) is 1. The van der Waals surface area contributed by atoms with Gasteiger partial charge >= 0.3 is 0 Å². The zero-order valence-electron chi connectivity index (χ0n) is 9.36. The van der Waals surface area contributed by atoms with Crippen molar-refractivity contribution in [1.29, 1.82) is 0 Å². The topological polar surface area (TPSA) is 46.3 Å². The van der Waals surface area contributed by atoms with E-state index in [2.05, 4.69) is 0 Å². The first kappa shape index (κ1) is 11.6. The van der Waals surface area contributed by atoms with Crippen LogP contribution in [-0.4, -0.2) is 17.4 Å². The third-order valence-electron chi connectivity index (χ3n) is 2.36. The fourth-order valence-corrected chi connectivity index (χ4v) is 1.51. The second-order valence-corrected chi connectivity index (χ2v) is 3.51. The number of rotatable bonds is 4. The lowest BCUT2D eigenvalue weighted by Gasteiger charge is -2.20. The summed E-state index contributed by atoms with van der Waals surface area (Å²) in [6, 6.07) is 7.66. The maximum absolute atomic E-state index is 11.5. The van der Waals surface area contributed by atoms with Gasteiger partial charge < -0.3 is 10.6 Å². The molecule has 1 amide bonds. The Balaban J connectivity index is 2.70. The van der Waals surface area contributed by atoms with Gasteiger partial charge in [0.25, 0.3) is 0 Å². The van der Waals surface area contributed by atoms with E-state index >= 15 is 0 Å². The van der Waals surface area contributed by atoms with Crippen LogP contribution in [-0.2, 0) is 11.3 Å². The lowest BCUT2D eigenvalue weighted by atomic mass is 10.2. The molecule has 0 saturated heterocycles. The van der Waals surface area contributed by atoms with Crippen molar-refractivity contribution in [2.45, 2.75) is 26.8 Å². The summed E-state index contributed by atoms with van der Waals surface area (Å²) in [5.74, 6) is 0.180. The summed E-state index contributed by atoms with van der Waals surface area (Å²) in [7, 11) is 0. The Morgan fingerprint density at radius 2 is 2.13 bits per heavy atom. The first-order valence-electron chi connectivity index (χ1n) is 5.29. The van der Waals surface area contributed by atoms with E-state index in [1.807, 2.05) is 43.0 Å². The molecule has 0 aromatic heterocycles. The van der Waals surface area contributed by atoms with Crippen LogP contribution in [0, 0.1) is 0 Å². The van der Waals surface area contributed by atoms with Gasteiger partial charge in [0.05, 0.1) is 0 Å². The Labute approximate surface area is 90.9 Å². The van der Waals surface area contributed by atoms with E-state index in [9.17, 15) is 4.79 Å². The van der Waals surface area contributed by atoms with Gasteiger partial charge in [0.15, 0.2) is 0 Å². The lowest BCUT2D eigenvalue weighted by Crippen LogP contribution is -2.29. The van der Waals surface area contributed by atoms with E-state index in [1.54, 1.807) is 0 Å². The van der Waals surface area contributed by atoms with Crippen molar-refractivity contribution in [1.82, 2.24) is 4.90 Å². The summed E-state index contributed by atoms with van der Waals surface area (Å²) in [5, 5.41) is 0. The van der Waals surface area contributed by atoms with Crippen molar-refractivity contribution in [3.8, 4) is 0 Å². The molecular formula is C12H18N2O. The summed E-state index contributed by atoms with van der Waals surface area (Å²) < 4.78 is 0. The van der Waals surface area contributed by atoms with E-state index in [0.717, 1.165) is 17.8 Å². The number of anilines is 1. The van der Waals surface area contributed by atoms with E-state index in [4.69, 9.17) is 5.73 Å². The van der Waals surface area contributed by atoms with Gasteiger partial charge in [0.2, 0.25) is 5.91 Å². The fraction of sp³-hybridized carbons (Fsp3) is 0.417. The molecule has 0 aliphatic rings. The summed E-state index contributed by atoms with van der Waals surface area (Å²) in [6.07, 6.45) is 0.552. The minimum Gasteiger partial charge on any atom is -0.399 e. The van der Waals surface area contributed by atoms with Gasteiger partial charge in [-0.15, -0.1) is 0 Å². The number of carbonyl (C=O) groups is 1. The maximum atomic E-state index is 11.5. The van der Waals surface area contributed by atoms with E-state index in [-0.39, 0.29) is 5.91 Å². The molecule has 1 aromatic rings. The van der Waals surface area contributed by atoms with Gasteiger partial charge in [-0.05, 0) is 24.6 Å². The molecule has 0 aliphatic carbocycles. The second-order valence-electron chi connectivity index (χ2n) is 3.51. The number of nitrogen functional groups attached to an aromatic ring is 1. The van der Waals surface area contributed by atoms with Crippen LogP contribution in [0.3, 0.4) is 0 Å². The molecule has 1 aromatic carbocycles. The third kappa shape index (κ3) is 3.27. The zero-order chi connectivity index (χ0) is 11.3. The van der Waals surface area contributed by atoms with Crippen LogP contribution in [0.1, 0.15) is 25.8 Å². The van der Waals surface area contributed by atoms with Gasteiger partial charge in [0.1, 0.15) is 0 Å². The van der Waals surface area contributed by atoms with Crippen LogP contribution < -0.4 is 5.73 Å². The SMILES string of the molecule is CCC(=O)N(CC)Cc1cccc(N)c1. The van der Waals surface area contributed by atoms with Crippen LogP contribution in [0.25, 0.3) is 0 Å². The first-order valence-corrected chi connectivity index (χ1v) is 5.29. The Bertz CT molecular complexity index is 336. The largest absolute Gasteiger partial charge is 0.399 e. The molecule has 1 rings (SSSR count). The van der Waals surface area contributed by atoms with Gasteiger partial charge in [-0.25, -0.2) is 0 Å². The van der Waals surface area contributed by atoms with Crippen LogP contribution in [0.2, 0.25) is 0 Å². The molecule has 0 fully saturated rings. The van der Waals surface area contributed by atoms with Gasteiger partial charge in [-0.2, -0.15) is 0 Å². The monoisotopic (exact) mass is 206 g/mol. The van der Waals surface area contributed by atoms with Crippen LogP contribution in [0.15, 0.2) is 24.3 Å². The number of benzene rings is 1. The quantitative estimate of drug-likeness (QED) is 0.766. The molecule has 0 aliphatic heterocycles. The molecule has 0 unspecified atom stereocenters. The Kier molecular flexibility index (Phi) is 4.16. The van der Waals surface area contributed by atoms with E-state index in [0.29, 0.717) is 13.0 Å². The summed E-state index contributed by atoms with van der Waals surface area (Å²) in [6.45, 7) is 5.25. The number of nitrogens with zero attached hydrogens (tertiary/aromatic N) is 1. The van der Waals surface area contributed by atoms with Gasteiger partial charge in [0, 0.05) is 25.2 Å². The maximum Gasteiger partial charge on any atom is 0.222 e. The van der Waals surface area contributed by atoms with Crippen molar-refractivity contribution in [2.24, 2.45) is 0 Å². The normalized spacial score (nSPS) is 10.0. The predicted octanol–water partition coefficient (Wildman–Crippen LogP) is 2.03. The summed E-state index contributed by atoms with van der Waals surface area (Å²) in [5.41, 5.74) is 7.51. The molecule has 0 radical (unpaired) electrons. The highest BCUT2D eigenvalue weighted by atomic mass is 16.2. The fourth-order valence-electron chi connectivity index (χ4n) is 1.51. The summed E-state index contributed by atoms with van der Waals surface area (Å²) in [4.78, 5) is 13.4. The summed E-state index contributed by atoms with van der Waals surface area (Å²) >= 11 is 0. The molecule has 0 spiro atoms. The van der Waals surface area contributed by atoms with Crippen LogP contribution in [0.5, 0.6) is 0 Å². The van der Waals surface area contributed by atoms with Crippen molar-refractivity contribution < 1.29 is 4.79 Å². The number of carbonyl (C=O) groups excluding carboxylic acids is 1. The standard InChI is InChI=1S/C12H18N2O/c1-3-12(15)14(4-2)9-10-6-5-7-11(13)8-10/h5-8H,3-4,9,13H2,1-2H3. The first-order chi connectivity index (χ1) is 7.17. The average Bonchev–Trinajstić information content (AvgIpc) is 2.25. The van der Waals surface area contributed by atoms with Crippen molar-refractivity contribution in [3.05, 3.63) is 29.8 Å². The third-order valence-corrected chi connectivity index (χ3v) is 2.36. The second kappa shape index (κ2) is 5.39. The number of hydrogen-bond acceptors (Lipinski definition) is 2. The number of amides is 1. The van der Waals surface area contributed by atoms with Crippen molar-refractivity contribution in [2.75, 3.05) is 12.3 Å². The minimum atomic E-state index is 0.180. The molecular weight excluding hydrogens is 188 g/mol. The molecule has 15 heavy (non-hydrogen) atoms. The Hall–Kier alpha value is -1.51. The van der Waals surface area contributed by atoms with E-state index in [1.165, 1.54) is 0 Å². The van der Waals surface area contributed by atoms with Crippen molar-refractivity contribution >= 4 is 11.6 Å². The molecule has 0 saturated carbocycles. The molecule has 2 N–H and O–H groups in total. The molecule has 0 atom stereocenters. The highest BCUT2D eigenvalue weighted by Gasteiger charge is 2.09. The molecule has 0 bridgehead atoms. The lowest BCUT2D eigenvalue weighted by molar-refractivity contribution is -0.131. The predicted molar refractivity (Wildman–Crippen MR) is 62.2 cm³/mol. The Morgan fingerprint density at radius 3 is 2.67 bits per heavy atom. The highest BCUT2D eigenvalue weighted by Crippen LogP contribution is 2.10. The van der Waals surface area contributed by atoms with Crippen LogP contribution >= 0.6 is 0 Å². The Morgan fingerprint density at radius 1 is 1.40 bits per heavy atom. The van der Waals surface area contributed by atoms with Crippen molar-refractivity contribution in [3.63, 3.8) is 0 Å².